The zero-order chi connectivity index (χ0) is 11.3. The minimum Gasteiger partial charge on any atom is -0.300 e. The molecule has 1 heteroatoms. The van der Waals surface area contributed by atoms with Gasteiger partial charge in [-0.25, -0.2) is 0 Å². The van der Waals surface area contributed by atoms with Crippen LogP contribution < -0.4 is 0 Å². The van der Waals surface area contributed by atoms with Crippen LogP contribution in [0.1, 0.15) is 50.2 Å². The summed E-state index contributed by atoms with van der Waals surface area (Å²) in [4.78, 5) is 11.2. The third-order valence-electron chi connectivity index (χ3n) is 2.72. The molecule has 1 aromatic rings. The van der Waals surface area contributed by atoms with Crippen molar-refractivity contribution in [2.24, 2.45) is 0 Å². The van der Waals surface area contributed by atoms with E-state index >= 15 is 0 Å². The molecular formula is C14H20O. The van der Waals surface area contributed by atoms with Gasteiger partial charge in [-0.15, -0.1) is 0 Å². The van der Waals surface area contributed by atoms with Crippen LogP contribution in [0.4, 0.5) is 0 Å². The predicted octanol–water partition coefficient (Wildman–Crippen LogP) is 3.86. The number of rotatable bonds is 5. The number of hydrogen-bond acceptors (Lipinski definition) is 1. The quantitative estimate of drug-likeness (QED) is 0.711. The highest BCUT2D eigenvalue weighted by atomic mass is 16.1. The molecule has 15 heavy (non-hydrogen) atoms. The van der Waals surface area contributed by atoms with Crippen LogP contribution in [0.5, 0.6) is 0 Å². The highest BCUT2D eigenvalue weighted by Crippen LogP contribution is 2.25. The third-order valence-corrected chi connectivity index (χ3v) is 2.72. The van der Waals surface area contributed by atoms with Crippen LogP contribution in [0.2, 0.25) is 0 Å². The number of carbonyl (C=O) groups excluding carboxylic acids is 1. The Labute approximate surface area is 92.5 Å². The van der Waals surface area contributed by atoms with Gasteiger partial charge in [0.15, 0.2) is 0 Å². The summed E-state index contributed by atoms with van der Waals surface area (Å²) in [6.07, 6.45) is 2.91. The van der Waals surface area contributed by atoms with Gasteiger partial charge in [-0.3, -0.25) is 0 Å². The van der Waals surface area contributed by atoms with E-state index < -0.39 is 0 Å². The Morgan fingerprint density at radius 1 is 1.27 bits per heavy atom. The number of benzene rings is 1. The molecule has 0 saturated heterocycles. The predicted molar refractivity (Wildman–Crippen MR) is 64.1 cm³/mol. The number of aryl methyl sites for hydroxylation is 1. The normalized spacial score (nSPS) is 12.5. The first-order chi connectivity index (χ1) is 7.13. The van der Waals surface area contributed by atoms with Crippen molar-refractivity contribution in [3.63, 3.8) is 0 Å². The second-order valence-electron chi connectivity index (χ2n) is 4.30. The summed E-state index contributed by atoms with van der Waals surface area (Å²) in [7, 11) is 0. The molecule has 0 saturated carbocycles. The molecule has 82 valence electrons. The molecule has 0 bridgehead atoms. The summed E-state index contributed by atoms with van der Waals surface area (Å²) >= 11 is 0. The van der Waals surface area contributed by atoms with Gasteiger partial charge in [0.05, 0.1) is 0 Å². The summed E-state index contributed by atoms with van der Waals surface area (Å²) < 4.78 is 0. The molecule has 0 amide bonds. The summed E-state index contributed by atoms with van der Waals surface area (Å²) in [6, 6.07) is 8.55. The molecule has 0 unspecified atom stereocenters. The average molecular weight is 204 g/mol. The smallest absolute Gasteiger partial charge is 0.130 e. The van der Waals surface area contributed by atoms with Crippen LogP contribution in [0.25, 0.3) is 0 Å². The van der Waals surface area contributed by atoms with E-state index in [1.807, 2.05) is 0 Å². The summed E-state index contributed by atoms with van der Waals surface area (Å²) in [5.74, 6) is 0.696. The van der Waals surface area contributed by atoms with Crippen LogP contribution in [-0.2, 0) is 4.79 Å². The van der Waals surface area contributed by atoms with E-state index in [0.717, 1.165) is 12.8 Å². The fraction of sp³-hybridized carbons (Fsp3) is 0.500. The molecule has 1 aromatic carbocycles. The van der Waals surface area contributed by atoms with Crippen LogP contribution in [0.15, 0.2) is 24.3 Å². The lowest BCUT2D eigenvalue weighted by Gasteiger charge is -2.15. The Kier molecular flexibility index (Phi) is 4.54. The Morgan fingerprint density at radius 2 is 1.87 bits per heavy atom. The fourth-order valence-corrected chi connectivity index (χ4v) is 1.92. The lowest BCUT2D eigenvalue weighted by Crippen LogP contribution is -2.04. The standard InChI is InChI=1S/C14H20O/c1-4-5-14(10-12(3)15)13-8-6-11(2)7-9-13/h6-9,14H,4-5,10H2,1-3H3/t14-/m1/s1. The Balaban J connectivity index is 2.78. The Bertz CT molecular complexity index is 311. The molecule has 0 spiro atoms. The minimum atomic E-state index is 0.286. The summed E-state index contributed by atoms with van der Waals surface area (Å²) in [5.41, 5.74) is 2.58. The van der Waals surface area contributed by atoms with Crippen molar-refractivity contribution >= 4 is 5.78 Å². The second kappa shape index (κ2) is 5.69. The van der Waals surface area contributed by atoms with E-state index in [1.54, 1.807) is 6.92 Å². The van der Waals surface area contributed by atoms with Crippen LogP contribution >= 0.6 is 0 Å². The number of carbonyl (C=O) groups is 1. The molecule has 1 rings (SSSR count). The van der Waals surface area contributed by atoms with E-state index in [9.17, 15) is 4.79 Å². The van der Waals surface area contributed by atoms with Crippen molar-refractivity contribution < 1.29 is 4.79 Å². The lowest BCUT2D eigenvalue weighted by atomic mass is 9.90. The number of hydrogen-bond donors (Lipinski definition) is 0. The van der Waals surface area contributed by atoms with Crippen LogP contribution in [0, 0.1) is 6.92 Å². The SMILES string of the molecule is CCC[C@H](CC(C)=O)c1ccc(C)cc1. The zero-order valence-electron chi connectivity index (χ0n) is 9.92. The summed E-state index contributed by atoms with van der Waals surface area (Å²) in [6.45, 7) is 5.93. The van der Waals surface area contributed by atoms with E-state index in [4.69, 9.17) is 0 Å². The Morgan fingerprint density at radius 3 is 2.33 bits per heavy atom. The van der Waals surface area contributed by atoms with Gasteiger partial charge in [0.25, 0.3) is 0 Å². The molecule has 0 radical (unpaired) electrons. The van der Waals surface area contributed by atoms with Crippen molar-refractivity contribution in [2.75, 3.05) is 0 Å². The lowest BCUT2D eigenvalue weighted by molar-refractivity contribution is -0.117. The maximum absolute atomic E-state index is 11.2. The molecule has 0 aliphatic rings. The maximum atomic E-state index is 11.2. The topological polar surface area (TPSA) is 17.1 Å². The first-order valence-corrected chi connectivity index (χ1v) is 5.69. The van der Waals surface area contributed by atoms with E-state index in [1.165, 1.54) is 11.1 Å². The van der Waals surface area contributed by atoms with Crippen molar-refractivity contribution in [3.05, 3.63) is 35.4 Å². The fourth-order valence-electron chi connectivity index (χ4n) is 1.92. The molecular weight excluding hydrogens is 184 g/mol. The molecule has 0 aromatic heterocycles. The zero-order valence-corrected chi connectivity index (χ0v) is 9.92. The average Bonchev–Trinajstić information content (AvgIpc) is 2.17. The molecule has 0 aliphatic carbocycles. The molecule has 1 nitrogen and oxygen atoms in total. The van der Waals surface area contributed by atoms with E-state index in [0.29, 0.717) is 12.3 Å². The minimum absolute atomic E-state index is 0.286. The highest BCUT2D eigenvalue weighted by Gasteiger charge is 2.12. The molecule has 0 heterocycles. The summed E-state index contributed by atoms with van der Waals surface area (Å²) in [5, 5.41) is 0. The van der Waals surface area contributed by atoms with Crippen LogP contribution in [-0.4, -0.2) is 5.78 Å². The van der Waals surface area contributed by atoms with Gasteiger partial charge in [0, 0.05) is 6.42 Å². The largest absolute Gasteiger partial charge is 0.300 e. The number of ketones is 1. The van der Waals surface area contributed by atoms with Crippen molar-refractivity contribution in [2.45, 2.75) is 46.0 Å². The number of Topliss-reactive ketones (excluding diaryl/α,β-unsaturated/α-hetero) is 1. The molecule has 1 atom stereocenters. The van der Waals surface area contributed by atoms with Gasteiger partial charge in [-0.05, 0) is 31.7 Å². The first-order valence-electron chi connectivity index (χ1n) is 5.69. The highest BCUT2D eigenvalue weighted by molar-refractivity contribution is 5.76. The monoisotopic (exact) mass is 204 g/mol. The third kappa shape index (κ3) is 3.86. The van der Waals surface area contributed by atoms with Gasteiger partial charge in [-0.1, -0.05) is 43.2 Å². The first kappa shape index (κ1) is 12.0. The van der Waals surface area contributed by atoms with Crippen molar-refractivity contribution in [1.29, 1.82) is 0 Å². The maximum Gasteiger partial charge on any atom is 0.130 e. The van der Waals surface area contributed by atoms with Gasteiger partial charge < -0.3 is 4.79 Å². The van der Waals surface area contributed by atoms with Gasteiger partial charge in [0.1, 0.15) is 5.78 Å². The van der Waals surface area contributed by atoms with Gasteiger partial charge >= 0.3 is 0 Å². The van der Waals surface area contributed by atoms with Gasteiger partial charge in [-0.2, -0.15) is 0 Å². The van der Waals surface area contributed by atoms with E-state index in [2.05, 4.69) is 38.1 Å². The van der Waals surface area contributed by atoms with Crippen molar-refractivity contribution in [1.82, 2.24) is 0 Å². The molecule has 0 aliphatic heterocycles. The molecule has 0 fully saturated rings. The molecule has 0 N–H and O–H groups in total. The second-order valence-corrected chi connectivity index (χ2v) is 4.30. The van der Waals surface area contributed by atoms with Gasteiger partial charge in [0.2, 0.25) is 0 Å². The van der Waals surface area contributed by atoms with Crippen LogP contribution in [0.3, 0.4) is 0 Å². The van der Waals surface area contributed by atoms with Crippen molar-refractivity contribution in [3.8, 4) is 0 Å². The Hall–Kier alpha value is -1.11. The van der Waals surface area contributed by atoms with E-state index in [-0.39, 0.29) is 5.78 Å².